The summed E-state index contributed by atoms with van der Waals surface area (Å²) in [5.41, 5.74) is 1.83. The molecule has 0 saturated carbocycles. The molecule has 1 aliphatic heterocycles. The van der Waals surface area contributed by atoms with Crippen LogP contribution in [0, 0.1) is 13.8 Å². The summed E-state index contributed by atoms with van der Waals surface area (Å²) >= 11 is 0. The van der Waals surface area contributed by atoms with Gasteiger partial charge < -0.3 is 19.0 Å². The Labute approximate surface area is 182 Å². The fourth-order valence-corrected chi connectivity index (χ4v) is 3.94. The molecule has 1 aromatic carbocycles. The SMILES string of the molecule is CCOc1ccc(CN2CCc3nnc(CNC(=O)c4cc(C)oc4C)n3CC2)cc1. The summed E-state index contributed by atoms with van der Waals surface area (Å²) in [6.07, 6.45) is 0.831. The first-order chi connectivity index (χ1) is 15.0. The van der Waals surface area contributed by atoms with Gasteiger partial charge in [-0.15, -0.1) is 10.2 Å². The molecule has 8 heteroatoms. The summed E-state index contributed by atoms with van der Waals surface area (Å²) in [5, 5.41) is 11.6. The summed E-state index contributed by atoms with van der Waals surface area (Å²) < 4.78 is 13.1. The highest BCUT2D eigenvalue weighted by atomic mass is 16.5. The van der Waals surface area contributed by atoms with E-state index < -0.39 is 0 Å². The molecule has 1 N–H and O–H groups in total. The Bertz CT molecular complexity index is 1040. The van der Waals surface area contributed by atoms with Crippen molar-refractivity contribution >= 4 is 5.91 Å². The molecule has 0 unspecified atom stereocenters. The number of carbonyl (C=O) groups is 1. The minimum absolute atomic E-state index is 0.155. The lowest BCUT2D eigenvalue weighted by atomic mass is 10.2. The van der Waals surface area contributed by atoms with Gasteiger partial charge >= 0.3 is 0 Å². The number of benzene rings is 1. The van der Waals surface area contributed by atoms with Crippen molar-refractivity contribution in [2.24, 2.45) is 0 Å². The predicted molar refractivity (Wildman–Crippen MR) is 116 cm³/mol. The van der Waals surface area contributed by atoms with Crippen LogP contribution in [0.1, 0.15) is 46.0 Å². The summed E-state index contributed by atoms with van der Waals surface area (Å²) in [7, 11) is 0. The third kappa shape index (κ3) is 4.96. The van der Waals surface area contributed by atoms with Gasteiger partial charge in [0.2, 0.25) is 0 Å². The molecule has 164 valence electrons. The molecule has 0 bridgehead atoms. The van der Waals surface area contributed by atoms with Crippen LogP contribution in [0.5, 0.6) is 5.75 Å². The molecule has 0 fully saturated rings. The summed E-state index contributed by atoms with van der Waals surface area (Å²) in [6.45, 7) is 10.1. The molecule has 0 atom stereocenters. The number of carbonyl (C=O) groups excluding carboxylic acids is 1. The van der Waals surface area contributed by atoms with Gasteiger partial charge in [-0.3, -0.25) is 9.69 Å². The maximum atomic E-state index is 12.5. The molecule has 1 aliphatic rings. The van der Waals surface area contributed by atoms with Crippen LogP contribution >= 0.6 is 0 Å². The van der Waals surface area contributed by atoms with E-state index in [0.717, 1.165) is 55.8 Å². The van der Waals surface area contributed by atoms with Gasteiger partial charge in [-0.1, -0.05) is 12.1 Å². The van der Waals surface area contributed by atoms with E-state index in [0.29, 0.717) is 24.5 Å². The van der Waals surface area contributed by atoms with Crippen molar-refractivity contribution < 1.29 is 13.9 Å². The van der Waals surface area contributed by atoms with Crippen LogP contribution in [0.3, 0.4) is 0 Å². The molecule has 0 radical (unpaired) electrons. The van der Waals surface area contributed by atoms with Gasteiger partial charge in [-0.2, -0.15) is 0 Å². The number of amides is 1. The fourth-order valence-electron chi connectivity index (χ4n) is 3.94. The summed E-state index contributed by atoms with van der Waals surface area (Å²) in [4.78, 5) is 14.9. The van der Waals surface area contributed by atoms with Crippen molar-refractivity contribution in [3.63, 3.8) is 0 Å². The lowest BCUT2D eigenvalue weighted by Crippen LogP contribution is -2.28. The van der Waals surface area contributed by atoms with Crippen LogP contribution < -0.4 is 10.1 Å². The van der Waals surface area contributed by atoms with Gasteiger partial charge in [0.1, 0.15) is 23.1 Å². The number of aryl methyl sites for hydroxylation is 2. The van der Waals surface area contributed by atoms with E-state index in [1.807, 2.05) is 26.0 Å². The number of fused-ring (bicyclic) bond motifs is 1. The third-order valence-electron chi connectivity index (χ3n) is 5.53. The Morgan fingerprint density at radius 3 is 2.68 bits per heavy atom. The van der Waals surface area contributed by atoms with Crippen LogP contribution in [0.4, 0.5) is 0 Å². The van der Waals surface area contributed by atoms with Gasteiger partial charge in [0.15, 0.2) is 5.82 Å². The Hall–Kier alpha value is -3.13. The molecule has 2 aromatic heterocycles. The molecule has 0 saturated heterocycles. The van der Waals surface area contributed by atoms with Crippen molar-refractivity contribution in [1.82, 2.24) is 25.0 Å². The average Bonchev–Trinajstić information content (AvgIpc) is 3.24. The first-order valence-corrected chi connectivity index (χ1v) is 10.7. The zero-order valence-corrected chi connectivity index (χ0v) is 18.4. The highest BCUT2D eigenvalue weighted by molar-refractivity contribution is 5.95. The highest BCUT2D eigenvalue weighted by Gasteiger charge is 2.20. The molecule has 31 heavy (non-hydrogen) atoms. The summed E-state index contributed by atoms with van der Waals surface area (Å²) in [5.74, 6) is 3.85. The maximum absolute atomic E-state index is 12.5. The number of hydrogen-bond acceptors (Lipinski definition) is 6. The van der Waals surface area contributed by atoms with E-state index in [-0.39, 0.29) is 5.91 Å². The van der Waals surface area contributed by atoms with Crippen molar-refractivity contribution in [2.75, 3.05) is 19.7 Å². The molecule has 4 rings (SSSR count). The zero-order valence-electron chi connectivity index (χ0n) is 18.4. The maximum Gasteiger partial charge on any atom is 0.255 e. The van der Waals surface area contributed by atoms with Gasteiger partial charge in [-0.05, 0) is 44.5 Å². The molecule has 0 aliphatic carbocycles. The summed E-state index contributed by atoms with van der Waals surface area (Å²) in [6, 6.07) is 10.0. The molecule has 8 nitrogen and oxygen atoms in total. The predicted octanol–water partition coefficient (Wildman–Crippen LogP) is 2.87. The normalized spacial score (nSPS) is 14.2. The Kier molecular flexibility index (Phi) is 6.36. The number of furan rings is 1. The first kappa shape index (κ1) is 21.1. The number of aromatic nitrogens is 3. The second-order valence-electron chi connectivity index (χ2n) is 7.80. The third-order valence-corrected chi connectivity index (χ3v) is 5.53. The molecule has 3 heterocycles. The highest BCUT2D eigenvalue weighted by Crippen LogP contribution is 2.17. The van der Waals surface area contributed by atoms with Crippen molar-refractivity contribution in [1.29, 1.82) is 0 Å². The number of rotatable bonds is 7. The molecule has 0 spiro atoms. The lowest BCUT2D eigenvalue weighted by Gasteiger charge is -2.20. The van der Waals surface area contributed by atoms with Gasteiger partial charge in [0.05, 0.1) is 18.7 Å². The van der Waals surface area contributed by atoms with E-state index >= 15 is 0 Å². The Morgan fingerprint density at radius 1 is 1.16 bits per heavy atom. The monoisotopic (exact) mass is 423 g/mol. The topological polar surface area (TPSA) is 85.4 Å². The average molecular weight is 424 g/mol. The molecule has 3 aromatic rings. The number of hydrogen-bond donors (Lipinski definition) is 1. The minimum Gasteiger partial charge on any atom is -0.494 e. The van der Waals surface area contributed by atoms with Crippen molar-refractivity contribution in [3.05, 3.63) is 64.6 Å². The number of nitrogens with zero attached hydrogens (tertiary/aromatic N) is 4. The van der Waals surface area contributed by atoms with Crippen molar-refractivity contribution in [2.45, 2.75) is 46.8 Å². The standard InChI is InChI=1S/C23H29N5O3/c1-4-30-19-7-5-18(6-8-19)15-27-10-9-21-25-26-22(28(21)12-11-27)14-24-23(29)20-13-16(2)31-17(20)3/h5-8,13H,4,9-12,14-15H2,1-3H3,(H,24,29). The second-order valence-corrected chi connectivity index (χ2v) is 7.80. The van der Waals surface area contributed by atoms with Crippen LogP contribution in [-0.2, 0) is 26.1 Å². The largest absolute Gasteiger partial charge is 0.494 e. The van der Waals surface area contributed by atoms with Crippen LogP contribution in [0.25, 0.3) is 0 Å². The van der Waals surface area contributed by atoms with E-state index in [4.69, 9.17) is 9.15 Å². The quantitative estimate of drug-likeness (QED) is 0.629. The van der Waals surface area contributed by atoms with Crippen LogP contribution in [-0.4, -0.2) is 45.3 Å². The van der Waals surface area contributed by atoms with E-state index in [9.17, 15) is 4.79 Å². The Balaban J connectivity index is 1.35. The van der Waals surface area contributed by atoms with Crippen LogP contribution in [0.15, 0.2) is 34.7 Å². The zero-order chi connectivity index (χ0) is 21.8. The number of nitrogens with one attached hydrogen (secondary N) is 1. The van der Waals surface area contributed by atoms with Gasteiger partial charge in [0, 0.05) is 32.6 Å². The van der Waals surface area contributed by atoms with E-state index in [1.165, 1.54) is 5.56 Å². The van der Waals surface area contributed by atoms with Gasteiger partial charge in [-0.25, -0.2) is 0 Å². The van der Waals surface area contributed by atoms with Crippen molar-refractivity contribution in [3.8, 4) is 5.75 Å². The first-order valence-electron chi connectivity index (χ1n) is 10.7. The smallest absolute Gasteiger partial charge is 0.255 e. The second kappa shape index (κ2) is 9.34. The molecule has 1 amide bonds. The fraction of sp³-hybridized carbons (Fsp3) is 0.435. The van der Waals surface area contributed by atoms with Crippen LogP contribution in [0.2, 0.25) is 0 Å². The van der Waals surface area contributed by atoms with Gasteiger partial charge in [0.25, 0.3) is 5.91 Å². The molecular formula is C23H29N5O3. The Morgan fingerprint density at radius 2 is 1.97 bits per heavy atom. The number of ether oxygens (including phenoxy) is 1. The van der Waals surface area contributed by atoms with E-state index in [1.54, 1.807) is 13.0 Å². The molecular weight excluding hydrogens is 394 g/mol. The minimum atomic E-state index is -0.155. The van der Waals surface area contributed by atoms with E-state index in [2.05, 4.69) is 37.1 Å². The lowest BCUT2D eigenvalue weighted by molar-refractivity contribution is 0.0948.